The molecule has 4 rings (SSSR count). The zero-order valence-electron chi connectivity index (χ0n) is 21.9. The van der Waals surface area contributed by atoms with Crippen molar-refractivity contribution in [3.05, 3.63) is 106 Å². The highest BCUT2D eigenvalue weighted by Gasteiger charge is 2.35. The molecule has 0 unspecified atom stereocenters. The van der Waals surface area contributed by atoms with Gasteiger partial charge in [0.25, 0.3) is 11.8 Å². The van der Waals surface area contributed by atoms with Crippen LogP contribution in [-0.4, -0.2) is 52.6 Å². The molecule has 8 heteroatoms. The van der Waals surface area contributed by atoms with Gasteiger partial charge in [-0.15, -0.1) is 0 Å². The highest BCUT2D eigenvalue weighted by atomic mass is 35.5. The van der Waals surface area contributed by atoms with Crippen molar-refractivity contribution in [2.75, 3.05) is 13.1 Å². The maximum absolute atomic E-state index is 13.7. The number of amides is 4. The molecule has 1 aliphatic heterocycles. The number of rotatable bonds is 12. The van der Waals surface area contributed by atoms with E-state index in [2.05, 4.69) is 5.32 Å². The van der Waals surface area contributed by atoms with Crippen LogP contribution >= 0.6 is 11.6 Å². The summed E-state index contributed by atoms with van der Waals surface area (Å²) in [5, 5.41) is 3.49. The van der Waals surface area contributed by atoms with E-state index < -0.39 is 6.04 Å². The lowest BCUT2D eigenvalue weighted by Gasteiger charge is -2.32. The molecular formula is C31H32ClN3O4. The van der Waals surface area contributed by atoms with Crippen LogP contribution in [-0.2, 0) is 22.6 Å². The number of hydrogen-bond acceptors (Lipinski definition) is 4. The summed E-state index contributed by atoms with van der Waals surface area (Å²) in [5.41, 5.74) is 2.50. The number of nitrogens with zero attached hydrogens (tertiary/aromatic N) is 2. The van der Waals surface area contributed by atoms with E-state index >= 15 is 0 Å². The van der Waals surface area contributed by atoms with Gasteiger partial charge in [-0.1, -0.05) is 73.1 Å². The van der Waals surface area contributed by atoms with E-state index in [1.807, 2.05) is 49.4 Å². The molecule has 0 aromatic heterocycles. The number of hydrogen-bond donors (Lipinski definition) is 1. The smallest absolute Gasteiger partial charge is 0.261 e. The van der Waals surface area contributed by atoms with Crippen LogP contribution in [0.2, 0.25) is 5.02 Å². The van der Waals surface area contributed by atoms with Gasteiger partial charge in [0.15, 0.2) is 0 Å². The van der Waals surface area contributed by atoms with Crippen molar-refractivity contribution >= 4 is 35.2 Å². The molecule has 0 bridgehead atoms. The summed E-state index contributed by atoms with van der Waals surface area (Å²) in [4.78, 5) is 55.3. The topological polar surface area (TPSA) is 86.8 Å². The Morgan fingerprint density at radius 1 is 0.897 bits per heavy atom. The first-order valence-electron chi connectivity index (χ1n) is 13.2. The maximum Gasteiger partial charge on any atom is 0.261 e. The van der Waals surface area contributed by atoms with E-state index in [0.29, 0.717) is 29.1 Å². The summed E-state index contributed by atoms with van der Waals surface area (Å²) >= 11 is 6.22. The Balaban J connectivity index is 1.53. The molecule has 7 nitrogen and oxygen atoms in total. The minimum atomic E-state index is -0.746. The highest BCUT2D eigenvalue weighted by Crippen LogP contribution is 2.23. The van der Waals surface area contributed by atoms with Crippen molar-refractivity contribution in [3.63, 3.8) is 0 Å². The van der Waals surface area contributed by atoms with Crippen molar-refractivity contribution in [3.8, 4) is 0 Å². The second-order valence-electron chi connectivity index (χ2n) is 9.56. The molecular weight excluding hydrogens is 514 g/mol. The molecule has 3 aromatic carbocycles. The van der Waals surface area contributed by atoms with Crippen LogP contribution in [0.4, 0.5) is 0 Å². The van der Waals surface area contributed by atoms with Gasteiger partial charge < -0.3 is 10.2 Å². The highest BCUT2D eigenvalue weighted by molar-refractivity contribution is 6.30. The number of imide groups is 1. The van der Waals surface area contributed by atoms with Crippen molar-refractivity contribution in [2.45, 2.75) is 45.2 Å². The third-order valence-electron chi connectivity index (χ3n) is 6.71. The van der Waals surface area contributed by atoms with Crippen LogP contribution in [0.15, 0.2) is 78.9 Å². The summed E-state index contributed by atoms with van der Waals surface area (Å²) in [5.74, 6) is -1.16. The number of halogens is 1. The van der Waals surface area contributed by atoms with Crippen LogP contribution < -0.4 is 5.32 Å². The number of nitrogens with one attached hydrogen (secondary N) is 1. The Labute approximate surface area is 233 Å². The molecule has 0 spiro atoms. The van der Waals surface area contributed by atoms with E-state index in [4.69, 9.17) is 11.6 Å². The Morgan fingerprint density at radius 2 is 1.54 bits per heavy atom. The summed E-state index contributed by atoms with van der Waals surface area (Å²) in [6.07, 6.45) is 1.47. The molecule has 39 heavy (non-hydrogen) atoms. The van der Waals surface area contributed by atoms with Crippen LogP contribution in [0.25, 0.3) is 0 Å². The maximum atomic E-state index is 13.7. The zero-order chi connectivity index (χ0) is 27.8. The zero-order valence-corrected chi connectivity index (χ0v) is 22.7. The third-order valence-corrected chi connectivity index (χ3v) is 6.95. The fourth-order valence-electron chi connectivity index (χ4n) is 4.73. The molecule has 0 radical (unpaired) electrons. The Morgan fingerprint density at radius 3 is 2.18 bits per heavy atom. The second-order valence-corrected chi connectivity index (χ2v) is 10.00. The second kappa shape index (κ2) is 13.2. The van der Waals surface area contributed by atoms with Crippen molar-refractivity contribution in [1.82, 2.24) is 15.1 Å². The molecule has 0 saturated heterocycles. The number of fused-ring (bicyclic) bond motifs is 1. The molecule has 202 valence electrons. The first-order valence-corrected chi connectivity index (χ1v) is 13.6. The van der Waals surface area contributed by atoms with Gasteiger partial charge in [0.2, 0.25) is 11.8 Å². The lowest BCUT2D eigenvalue weighted by atomic mass is 10.0. The first-order chi connectivity index (χ1) is 18.9. The van der Waals surface area contributed by atoms with Gasteiger partial charge >= 0.3 is 0 Å². The number of carbonyl (C=O) groups excluding carboxylic acids is 4. The molecule has 0 saturated carbocycles. The molecule has 3 aromatic rings. The summed E-state index contributed by atoms with van der Waals surface area (Å²) < 4.78 is 0. The SMILES string of the molecule is CCCNC(=O)[C@@H](Cc1ccccc1)N(Cc1cccc(Cl)c1)C(=O)CCCN1C(=O)c2ccccc2C1=O. The third kappa shape index (κ3) is 6.92. The Hall–Kier alpha value is -3.97. The predicted octanol–water partition coefficient (Wildman–Crippen LogP) is 4.88. The lowest BCUT2D eigenvalue weighted by molar-refractivity contribution is -0.141. The summed E-state index contributed by atoms with van der Waals surface area (Å²) in [7, 11) is 0. The Kier molecular flexibility index (Phi) is 9.49. The van der Waals surface area contributed by atoms with Gasteiger partial charge in [0.1, 0.15) is 6.04 Å². The minimum Gasteiger partial charge on any atom is -0.354 e. The Bertz CT molecular complexity index is 1310. The van der Waals surface area contributed by atoms with Crippen LogP contribution in [0.3, 0.4) is 0 Å². The van der Waals surface area contributed by atoms with E-state index in [1.165, 1.54) is 4.90 Å². The van der Waals surface area contributed by atoms with Crippen molar-refractivity contribution in [2.24, 2.45) is 0 Å². The monoisotopic (exact) mass is 545 g/mol. The predicted molar refractivity (Wildman–Crippen MR) is 150 cm³/mol. The van der Waals surface area contributed by atoms with Crippen molar-refractivity contribution < 1.29 is 19.2 Å². The van der Waals surface area contributed by atoms with Crippen LogP contribution in [0, 0.1) is 0 Å². The van der Waals surface area contributed by atoms with E-state index in [9.17, 15) is 19.2 Å². The minimum absolute atomic E-state index is 0.0698. The fraction of sp³-hybridized carbons (Fsp3) is 0.290. The van der Waals surface area contributed by atoms with E-state index in [1.54, 1.807) is 41.3 Å². The van der Waals surface area contributed by atoms with Gasteiger partial charge in [-0.3, -0.25) is 24.1 Å². The standard InChI is InChI=1S/C31H32ClN3O4/c1-2-17-33-29(37)27(20-22-10-4-3-5-11-22)35(21-23-12-8-13-24(32)19-23)28(36)16-9-18-34-30(38)25-14-6-7-15-26(25)31(34)39/h3-8,10-15,19,27H,2,9,16-18,20-21H2,1H3,(H,33,37)/t27-/m1/s1. The number of carbonyl (C=O) groups is 4. The summed E-state index contributed by atoms with van der Waals surface area (Å²) in [6, 6.07) is 22.8. The normalized spacial score (nSPS) is 13.2. The molecule has 1 aliphatic rings. The largest absolute Gasteiger partial charge is 0.354 e. The first kappa shape index (κ1) is 28.0. The average molecular weight is 546 g/mol. The lowest BCUT2D eigenvalue weighted by Crippen LogP contribution is -2.50. The van der Waals surface area contributed by atoms with Gasteiger partial charge in [0.05, 0.1) is 11.1 Å². The van der Waals surface area contributed by atoms with Gasteiger partial charge in [-0.25, -0.2) is 0 Å². The molecule has 1 atom stereocenters. The van der Waals surface area contributed by atoms with E-state index in [0.717, 1.165) is 17.5 Å². The molecule has 1 N–H and O–H groups in total. The molecule has 0 fully saturated rings. The van der Waals surface area contributed by atoms with Crippen LogP contribution in [0.1, 0.15) is 58.0 Å². The van der Waals surface area contributed by atoms with Crippen LogP contribution in [0.5, 0.6) is 0 Å². The molecule has 1 heterocycles. The van der Waals surface area contributed by atoms with Gasteiger partial charge in [-0.05, 0) is 48.2 Å². The number of benzene rings is 3. The quantitative estimate of drug-likeness (QED) is 0.329. The average Bonchev–Trinajstić information content (AvgIpc) is 3.19. The molecule has 0 aliphatic carbocycles. The van der Waals surface area contributed by atoms with Gasteiger partial charge in [0, 0.05) is 37.5 Å². The fourth-order valence-corrected chi connectivity index (χ4v) is 4.94. The van der Waals surface area contributed by atoms with Gasteiger partial charge in [-0.2, -0.15) is 0 Å². The van der Waals surface area contributed by atoms with E-state index in [-0.39, 0.29) is 49.6 Å². The molecule has 4 amide bonds. The van der Waals surface area contributed by atoms with Crippen molar-refractivity contribution in [1.29, 1.82) is 0 Å². The summed E-state index contributed by atoms with van der Waals surface area (Å²) in [6.45, 7) is 2.79.